The van der Waals surface area contributed by atoms with Gasteiger partial charge in [-0.15, -0.1) is 65.9 Å². The number of nitrogens with two attached hydrogens (primary N) is 2. The zero-order valence-electron chi connectivity index (χ0n) is 81.4. The zero-order valence-corrected chi connectivity index (χ0v) is 84.6. The number of amides is 1. The summed E-state index contributed by atoms with van der Waals surface area (Å²) in [7, 11) is 8.61. The number of piperazine rings is 4. The number of carbonyl (C=O) groups is 2. The van der Waals surface area contributed by atoms with E-state index in [1.165, 1.54) is 122 Å². The molecule has 1 aromatic heterocycles. The van der Waals surface area contributed by atoms with Gasteiger partial charge in [-0.05, 0) is 110 Å². The lowest BCUT2D eigenvalue weighted by Gasteiger charge is -2.38. The number of hydrogen-bond acceptors (Lipinski definition) is 30. The normalized spacial score (nSPS) is 15.6. The van der Waals surface area contributed by atoms with E-state index in [1.54, 1.807) is 36.4 Å². The summed E-state index contributed by atoms with van der Waals surface area (Å²) >= 11 is 6.14. The lowest BCUT2D eigenvalue weighted by molar-refractivity contribution is -0.275. The van der Waals surface area contributed by atoms with E-state index < -0.39 is 55.9 Å². The molecular formula is C93H123Br2F15N12O22. The maximum absolute atomic E-state index is 13.1. The SMILES string of the molecule is CC(C)N1CCN(c2cc(OC(F)(F)F)cc(C3OCCO3)c2)CC1.CC(C)N1CCNCC1.COc1cc(Br)cc(OC(F)(F)F)c1.COc1cc(N)c(C(N)=O)c(OC)c1.COc1cc(OC(F)(F)F)cc(N2CCN(C(C)C)CC2)c1.COc1cc(OC)c2c(=O)[nH]c(-c3cc(OC(F)(F)F)cc(N4CCN(C(C)C)CC4)c3)nc2c1.FC(F)(F)Oc1cc(Br)cc(C2OCCO2)c1.O.O=CO.OCCO. The summed E-state index contributed by atoms with van der Waals surface area (Å²) in [4.78, 5) is 55.1. The molecular weight excluding hydrogens is 2080 g/mol. The third kappa shape index (κ3) is 43.0. The number of halogens is 17. The number of methoxy groups -OCH3 is 6. The number of aliphatic hydroxyl groups excluding tert-OH is 2. The third-order valence-corrected chi connectivity index (χ3v) is 22.2. The Balaban J connectivity index is 0.000000302. The first-order valence-corrected chi connectivity index (χ1v) is 45.9. The van der Waals surface area contributed by atoms with E-state index in [0.29, 0.717) is 124 Å². The summed E-state index contributed by atoms with van der Waals surface area (Å²) < 4.78 is 259. The van der Waals surface area contributed by atoms with Crippen molar-refractivity contribution in [3.05, 3.63) is 151 Å². The molecule has 1 amide bonds. The highest BCUT2D eigenvalue weighted by molar-refractivity contribution is 9.10. The first-order chi connectivity index (χ1) is 67.2. The van der Waals surface area contributed by atoms with Crippen LogP contribution in [0, 0.1) is 0 Å². The van der Waals surface area contributed by atoms with Crippen LogP contribution in [0.2, 0.25) is 0 Å². The first-order valence-electron chi connectivity index (χ1n) is 44.3. The number of nitrogens with one attached hydrogen (secondary N) is 2. The van der Waals surface area contributed by atoms with Gasteiger partial charge in [0.05, 0.1) is 93.5 Å². The first kappa shape index (κ1) is 124. The fourth-order valence-corrected chi connectivity index (χ4v) is 15.5. The van der Waals surface area contributed by atoms with Crippen molar-refractivity contribution in [2.24, 2.45) is 5.73 Å². The average Bonchev–Trinajstić information content (AvgIpc) is 0.849. The van der Waals surface area contributed by atoms with Gasteiger partial charge in [-0.2, -0.15) is 0 Å². The van der Waals surface area contributed by atoms with Gasteiger partial charge in [-0.25, -0.2) is 4.98 Å². The summed E-state index contributed by atoms with van der Waals surface area (Å²) in [6.45, 7) is 32.6. The maximum Gasteiger partial charge on any atom is 0.573 e. The number of hydrogen-bond donors (Lipinski definition) is 7. The number of nitrogens with zero attached hydrogens (tertiary/aromatic N) is 8. The number of fused-ring (bicyclic) bond motifs is 1. The molecule has 11 N–H and O–H groups in total. The van der Waals surface area contributed by atoms with Crippen LogP contribution in [0.15, 0.2) is 129 Å². The molecule has 7 aromatic carbocycles. The molecule has 6 fully saturated rings. The summed E-state index contributed by atoms with van der Waals surface area (Å²) in [5.74, 6) is 0.147. The number of alkyl halides is 15. The monoisotopic (exact) mass is 2200 g/mol. The molecule has 6 aliphatic heterocycles. The molecule has 6 aliphatic rings. The second-order valence-corrected chi connectivity index (χ2v) is 34.2. The van der Waals surface area contributed by atoms with Gasteiger partial charge < -0.3 is 128 Å². The van der Waals surface area contributed by atoms with E-state index in [0.717, 1.165) is 90.6 Å². The van der Waals surface area contributed by atoms with Gasteiger partial charge >= 0.3 is 31.8 Å². The molecule has 0 atom stereocenters. The van der Waals surface area contributed by atoms with Crippen LogP contribution in [0.3, 0.4) is 0 Å². The second-order valence-electron chi connectivity index (χ2n) is 32.4. The maximum atomic E-state index is 13.1. The van der Waals surface area contributed by atoms with Crippen LogP contribution in [0.1, 0.15) is 89.5 Å². The molecule has 0 bridgehead atoms. The van der Waals surface area contributed by atoms with Crippen LogP contribution in [0.5, 0.6) is 63.2 Å². The molecule has 8 aromatic rings. The number of carboxylic acid groups (broad SMARTS) is 1. The van der Waals surface area contributed by atoms with Crippen molar-refractivity contribution in [3.63, 3.8) is 0 Å². The standard InChI is InChI=1S/C24H27F3N4O4.C17H23F3N2O3.C15H21F3N2O2.C10H8BrF3O3.C9H12N2O3.C8H6BrF3O2.C7H16N2.C2H6O2.CH2O2.H2O/c1-14(2)30-5-7-31(8-6-30)16-9-15(10-18(11-16)35-24(25,26)27)22-28-19-12-17(33-3)13-20(34-4)21(19)23(32)29-22;1-12(2)21-3-5-22(6-4-21)14-9-13(16-23-7-8-24-16)10-15(11-14)25-17(18,19)20;1-11(2)19-4-6-20(7-5-19)12-8-13(21-3)10-14(9-12)22-15(16,17)18;11-7-3-6(9-15-1-2-16-9)4-8(5-7)17-10(12,13)14;1-13-5-3-6(10)8(9(11)12)7(4-5)14-2;1-13-6-2-5(9)3-7(4-6)14-8(10,11)12;1-7(2)9-5-3-8-4-6-9;3-1-2-4;2-1-3;/h9-14H,5-8H2,1-4H3,(H,28,29,32);9-12,16H,3-8H2,1-2H3;8-11H,4-7H2,1-3H3;3-5,9H,1-2H2;3-4H,10H2,1-2H3,(H2,11,12);2-4H,1H3;7-8H,3-6H2,1-2H3;3-4H,1-2H2;1H,(H,2,3);1H2. The molecule has 51 heteroatoms. The molecule has 6 saturated heterocycles. The number of nitrogen functional groups attached to an aromatic ring is 1. The van der Waals surface area contributed by atoms with E-state index in [-0.39, 0.29) is 93.2 Å². The Bertz CT molecular complexity index is 5270. The molecule has 0 spiro atoms. The number of rotatable bonds is 23. The van der Waals surface area contributed by atoms with Gasteiger partial charge in [0.15, 0.2) is 12.6 Å². The van der Waals surface area contributed by atoms with E-state index in [9.17, 15) is 75.4 Å². The topological polar surface area (TPSA) is 397 Å². The summed E-state index contributed by atoms with van der Waals surface area (Å²) in [5.41, 5.74) is 14.2. The number of primary amides is 1. The average molecular weight is 2210 g/mol. The van der Waals surface area contributed by atoms with Crippen LogP contribution in [-0.4, -0.2) is 306 Å². The van der Waals surface area contributed by atoms with Crippen molar-refractivity contribution in [2.75, 3.05) is 207 Å². The van der Waals surface area contributed by atoms with Crippen molar-refractivity contribution in [2.45, 2.75) is 124 Å². The number of anilines is 4. The number of aromatic amines is 1. The Labute approximate surface area is 839 Å². The van der Waals surface area contributed by atoms with Gasteiger partial charge in [-0.3, -0.25) is 34.0 Å². The van der Waals surface area contributed by atoms with Gasteiger partial charge in [0.2, 0.25) is 0 Å². The predicted molar refractivity (Wildman–Crippen MR) is 513 cm³/mol. The predicted octanol–water partition coefficient (Wildman–Crippen LogP) is 15.6. The second kappa shape index (κ2) is 59.0. The van der Waals surface area contributed by atoms with E-state index >= 15 is 0 Å². The van der Waals surface area contributed by atoms with Crippen LogP contribution in [0.25, 0.3) is 22.3 Å². The summed E-state index contributed by atoms with van der Waals surface area (Å²) in [6.07, 6.45) is -25.0. The van der Waals surface area contributed by atoms with E-state index in [4.69, 9.17) is 79.0 Å². The van der Waals surface area contributed by atoms with Gasteiger partial charge in [0.25, 0.3) is 17.9 Å². The number of aromatic nitrogens is 2. The molecule has 34 nitrogen and oxygen atoms in total. The largest absolute Gasteiger partial charge is 0.573 e. The van der Waals surface area contributed by atoms with Crippen molar-refractivity contribution in [1.29, 1.82) is 0 Å². The quantitative estimate of drug-likeness (QED) is 0.0178. The van der Waals surface area contributed by atoms with Gasteiger partial charge in [-0.1, -0.05) is 31.9 Å². The number of aliphatic hydroxyl groups is 2. The minimum Gasteiger partial charge on any atom is -0.497 e. The fourth-order valence-electron chi connectivity index (χ4n) is 14.6. The molecule has 0 saturated carbocycles. The Hall–Kier alpha value is -11.0. The summed E-state index contributed by atoms with van der Waals surface area (Å²) in [5, 5.41) is 25.7. The molecule has 0 unspecified atom stereocenters. The zero-order chi connectivity index (χ0) is 106. The van der Waals surface area contributed by atoms with Crippen molar-refractivity contribution in [3.8, 4) is 74.6 Å². The lowest BCUT2D eigenvalue weighted by atomic mass is 10.1. The van der Waals surface area contributed by atoms with Gasteiger partial charge in [0.1, 0.15) is 80.0 Å². The Morgan fingerprint density at radius 1 is 0.431 bits per heavy atom. The van der Waals surface area contributed by atoms with E-state index in [2.05, 4.69) is 151 Å². The van der Waals surface area contributed by atoms with Crippen molar-refractivity contribution >= 4 is 77.9 Å². The molecule has 14 rings (SSSR count). The highest BCUT2D eigenvalue weighted by atomic mass is 79.9. The number of benzene rings is 7. The number of ether oxygens (including phenoxy) is 15. The molecule has 0 radical (unpaired) electrons. The number of H-pyrrole nitrogens is 1. The summed E-state index contributed by atoms with van der Waals surface area (Å²) in [6, 6.07) is 29.4. The van der Waals surface area contributed by atoms with Crippen molar-refractivity contribution in [1.82, 2.24) is 34.9 Å². The molecule has 144 heavy (non-hydrogen) atoms. The van der Waals surface area contributed by atoms with Crippen LogP contribution < -0.4 is 89.1 Å². The van der Waals surface area contributed by atoms with Crippen LogP contribution in [-0.2, 0) is 23.7 Å². The van der Waals surface area contributed by atoms with Crippen LogP contribution >= 0.6 is 31.9 Å². The minimum absolute atomic E-state index is 0. The molecule has 0 aliphatic carbocycles. The van der Waals surface area contributed by atoms with Gasteiger partial charge in [0, 0.05) is 232 Å². The lowest BCUT2D eigenvalue weighted by Crippen LogP contribution is -2.48. The van der Waals surface area contributed by atoms with Crippen molar-refractivity contribution < 1.29 is 167 Å². The van der Waals surface area contributed by atoms with Crippen LogP contribution in [0.4, 0.5) is 88.6 Å². The fraction of sp³-hybridized carbons (Fsp3) is 0.505. The Morgan fingerprint density at radius 2 is 0.736 bits per heavy atom. The molecule has 806 valence electrons. The Morgan fingerprint density at radius 3 is 1.10 bits per heavy atom. The van der Waals surface area contributed by atoms with E-state index in [1.807, 2.05) is 15.9 Å². The highest BCUT2D eigenvalue weighted by Gasteiger charge is 2.38. The Kier molecular flexibility index (Phi) is 50.6. The third-order valence-electron chi connectivity index (χ3n) is 21.3. The number of carbonyl (C=O) groups excluding carboxylic acids is 1. The minimum atomic E-state index is -4.86. The smallest absolute Gasteiger partial charge is 0.497 e. The molecule has 7 heterocycles. The highest BCUT2D eigenvalue weighted by Crippen LogP contribution is 2.41.